The number of carboxylic acids is 1. The SMILES string of the molecule is C=C.CC(C)=CC(=O)O. The number of hydrogen-bond acceptors (Lipinski definition) is 1. The maximum absolute atomic E-state index is 9.73. The van der Waals surface area contributed by atoms with Crippen LogP contribution >= 0.6 is 0 Å². The first kappa shape index (κ1) is 10.8. The fourth-order valence-corrected chi connectivity index (χ4v) is 0.247. The Labute approximate surface area is 55.5 Å². The molecule has 0 unspecified atom stereocenters. The van der Waals surface area contributed by atoms with Crippen molar-refractivity contribution in [2.45, 2.75) is 13.8 Å². The fourth-order valence-electron chi connectivity index (χ4n) is 0.247. The third-order valence-corrected chi connectivity index (χ3v) is 0.412. The molecule has 2 heteroatoms. The molecule has 0 heterocycles. The first-order chi connectivity index (χ1) is 4.13. The van der Waals surface area contributed by atoms with E-state index in [4.69, 9.17) is 5.11 Å². The average Bonchev–Trinajstić information content (AvgIpc) is 1.68. The number of carbonyl (C=O) groups is 1. The average molecular weight is 128 g/mol. The van der Waals surface area contributed by atoms with E-state index in [0.29, 0.717) is 0 Å². The van der Waals surface area contributed by atoms with Gasteiger partial charge in [0.25, 0.3) is 0 Å². The molecule has 0 saturated carbocycles. The molecule has 52 valence electrons. The molecule has 0 aliphatic heterocycles. The van der Waals surface area contributed by atoms with Crippen LogP contribution in [0, 0.1) is 0 Å². The van der Waals surface area contributed by atoms with E-state index in [1.54, 1.807) is 13.8 Å². The van der Waals surface area contributed by atoms with Crippen LogP contribution in [0.1, 0.15) is 13.8 Å². The Morgan fingerprint density at radius 2 is 1.78 bits per heavy atom. The highest BCUT2D eigenvalue weighted by Gasteiger charge is 1.83. The van der Waals surface area contributed by atoms with E-state index in [0.717, 1.165) is 5.57 Å². The first-order valence-electron chi connectivity index (χ1n) is 2.51. The van der Waals surface area contributed by atoms with Gasteiger partial charge < -0.3 is 5.11 Å². The van der Waals surface area contributed by atoms with Crippen LogP contribution in [0.5, 0.6) is 0 Å². The minimum Gasteiger partial charge on any atom is -0.478 e. The van der Waals surface area contributed by atoms with Gasteiger partial charge in [-0.2, -0.15) is 0 Å². The van der Waals surface area contributed by atoms with E-state index in [1.807, 2.05) is 0 Å². The lowest BCUT2D eigenvalue weighted by atomic mass is 10.3. The lowest BCUT2D eigenvalue weighted by Crippen LogP contribution is -1.86. The number of carboxylic acid groups (broad SMARTS) is 1. The number of allylic oxidation sites excluding steroid dienone is 1. The van der Waals surface area contributed by atoms with Gasteiger partial charge in [0, 0.05) is 6.08 Å². The molecule has 0 spiro atoms. The summed E-state index contributed by atoms with van der Waals surface area (Å²) in [7, 11) is 0. The maximum Gasteiger partial charge on any atom is 0.328 e. The summed E-state index contributed by atoms with van der Waals surface area (Å²) >= 11 is 0. The summed E-state index contributed by atoms with van der Waals surface area (Å²) in [5, 5.41) is 8.01. The first-order valence-corrected chi connectivity index (χ1v) is 2.51. The third-order valence-electron chi connectivity index (χ3n) is 0.412. The van der Waals surface area contributed by atoms with Crippen LogP contribution < -0.4 is 0 Å². The molecule has 0 atom stereocenters. The minimum absolute atomic E-state index is 0.813. The van der Waals surface area contributed by atoms with Crippen LogP contribution in [0.4, 0.5) is 0 Å². The Hall–Kier alpha value is -1.05. The van der Waals surface area contributed by atoms with Gasteiger partial charge in [-0.25, -0.2) is 4.79 Å². The van der Waals surface area contributed by atoms with Crippen molar-refractivity contribution in [2.75, 3.05) is 0 Å². The van der Waals surface area contributed by atoms with Crippen molar-refractivity contribution in [2.24, 2.45) is 0 Å². The summed E-state index contributed by atoms with van der Waals surface area (Å²) in [5.41, 5.74) is 0.813. The summed E-state index contributed by atoms with van der Waals surface area (Å²) in [6.45, 7) is 9.49. The standard InChI is InChI=1S/C5H8O2.C2H4/c1-4(2)3-5(6)7;1-2/h3H,1-2H3,(H,6,7);1-2H2. The highest BCUT2D eigenvalue weighted by Crippen LogP contribution is 1.85. The minimum atomic E-state index is -0.875. The molecule has 0 bridgehead atoms. The van der Waals surface area contributed by atoms with Gasteiger partial charge in [-0.05, 0) is 13.8 Å². The number of rotatable bonds is 1. The van der Waals surface area contributed by atoms with Crippen LogP contribution in [0.15, 0.2) is 24.8 Å². The molecule has 0 aromatic rings. The van der Waals surface area contributed by atoms with Gasteiger partial charge in [-0.3, -0.25) is 0 Å². The van der Waals surface area contributed by atoms with Crippen LogP contribution in [-0.4, -0.2) is 11.1 Å². The molecule has 9 heavy (non-hydrogen) atoms. The molecule has 0 aliphatic carbocycles. The van der Waals surface area contributed by atoms with Crippen LogP contribution in [0.25, 0.3) is 0 Å². The topological polar surface area (TPSA) is 37.3 Å². The van der Waals surface area contributed by atoms with Crippen molar-refractivity contribution in [1.82, 2.24) is 0 Å². The van der Waals surface area contributed by atoms with E-state index >= 15 is 0 Å². The van der Waals surface area contributed by atoms with Gasteiger partial charge in [0.1, 0.15) is 0 Å². The smallest absolute Gasteiger partial charge is 0.328 e. The lowest BCUT2D eigenvalue weighted by molar-refractivity contribution is -0.131. The van der Waals surface area contributed by atoms with Crippen LogP contribution in [0.3, 0.4) is 0 Å². The monoisotopic (exact) mass is 128 g/mol. The van der Waals surface area contributed by atoms with Gasteiger partial charge >= 0.3 is 5.97 Å². The number of aliphatic carboxylic acids is 1. The molecule has 0 amide bonds. The van der Waals surface area contributed by atoms with Gasteiger partial charge in [0.2, 0.25) is 0 Å². The molecule has 0 aliphatic rings. The zero-order valence-electron chi connectivity index (χ0n) is 5.85. The molecular formula is C7H12O2. The predicted octanol–water partition coefficient (Wildman–Crippen LogP) is 1.84. The molecule has 2 nitrogen and oxygen atoms in total. The Morgan fingerprint density at radius 1 is 1.44 bits per heavy atom. The molecule has 0 rings (SSSR count). The second-order valence-corrected chi connectivity index (χ2v) is 1.56. The Balaban J connectivity index is 0. The quantitative estimate of drug-likeness (QED) is 0.432. The summed E-state index contributed by atoms with van der Waals surface area (Å²) < 4.78 is 0. The van der Waals surface area contributed by atoms with Crippen molar-refractivity contribution >= 4 is 5.97 Å². The molecule has 0 saturated heterocycles. The largest absolute Gasteiger partial charge is 0.478 e. The summed E-state index contributed by atoms with van der Waals surface area (Å²) in [6.07, 6.45) is 1.17. The van der Waals surface area contributed by atoms with Crippen molar-refractivity contribution in [3.8, 4) is 0 Å². The van der Waals surface area contributed by atoms with E-state index in [-0.39, 0.29) is 0 Å². The van der Waals surface area contributed by atoms with Gasteiger partial charge in [0.15, 0.2) is 0 Å². The Morgan fingerprint density at radius 3 is 1.78 bits per heavy atom. The third kappa shape index (κ3) is 19.6. The van der Waals surface area contributed by atoms with E-state index in [9.17, 15) is 4.79 Å². The zero-order chi connectivity index (χ0) is 7.86. The van der Waals surface area contributed by atoms with E-state index in [1.165, 1.54) is 6.08 Å². The molecule has 1 N–H and O–H groups in total. The van der Waals surface area contributed by atoms with Crippen molar-refractivity contribution in [3.05, 3.63) is 24.8 Å². The van der Waals surface area contributed by atoms with Gasteiger partial charge in [-0.1, -0.05) is 5.57 Å². The highest BCUT2D eigenvalue weighted by atomic mass is 16.4. The van der Waals surface area contributed by atoms with E-state index in [2.05, 4.69) is 13.2 Å². The Bertz CT molecular complexity index is 110. The van der Waals surface area contributed by atoms with Crippen molar-refractivity contribution in [3.63, 3.8) is 0 Å². The fraction of sp³-hybridized carbons (Fsp3) is 0.286. The maximum atomic E-state index is 9.73. The van der Waals surface area contributed by atoms with Gasteiger partial charge in [-0.15, -0.1) is 13.2 Å². The predicted molar refractivity (Wildman–Crippen MR) is 38.3 cm³/mol. The van der Waals surface area contributed by atoms with Crippen molar-refractivity contribution in [1.29, 1.82) is 0 Å². The molecule has 0 fully saturated rings. The number of hydrogen-bond donors (Lipinski definition) is 1. The van der Waals surface area contributed by atoms with Crippen LogP contribution in [-0.2, 0) is 4.79 Å². The lowest BCUT2D eigenvalue weighted by Gasteiger charge is -1.79. The second-order valence-electron chi connectivity index (χ2n) is 1.56. The van der Waals surface area contributed by atoms with Crippen molar-refractivity contribution < 1.29 is 9.90 Å². The molecule has 0 aromatic heterocycles. The summed E-state index contributed by atoms with van der Waals surface area (Å²) in [5.74, 6) is -0.875. The molecular weight excluding hydrogens is 116 g/mol. The summed E-state index contributed by atoms with van der Waals surface area (Å²) in [6, 6.07) is 0. The summed E-state index contributed by atoms with van der Waals surface area (Å²) in [4.78, 5) is 9.73. The Kier molecular flexibility index (Phi) is 8.38. The zero-order valence-corrected chi connectivity index (χ0v) is 5.85. The second kappa shape index (κ2) is 6.95. The molecule has 0 radical (unpaired) electrons. The molecule has 0 aromatic carbocycles. The van der Waals surface area contributed by atoms with E-state index < -0.39 is 5.97 Å². The normalized spacial score (nSPS) is 6.44. The highest BCUT2D eigenvalue weighted by molar-refractivity contribution is 5.80. The van der Waals surface area contributed by atoms with Crippen LogP contribution in [0.2, 0.25) is 0 Å². The van der Waals surface area contributed by atoms with Gasteiger partial charge in [0.05, 0.1) is 0 Å².